The number of carbonyl (C=O) groups excluding carboxylic acids is 1. The molecule has 3 heterocycles. The number of hydrogen-bond donors (Lipinski definition) is 2. The largest absolute Gasteiger partial charge is 0.508 e. The SMILES string of the molecule is CC(C)C[C@@H](NC(=O)c1ccco1)c1nnc2n1CCN(Cc1ccccc1O)CC2. The van der Waals surface area contributed by atoms with Crippen LogP contribution in [0.2, 0.25) is 0 Å². The molecule has 8 nitrogen and oxygen atoms in total. The van der Waals surface area contributed by atoms with E-state index in [2.05, 4.69) is 38.8 Å². The van der Waals surface area contributed by atoms with Gasteiger partial charge in [-0.25, -0.2) is 0 Å². The van der Waals surface area contributed by atoms with E-state index in [1.807, 2.05) is 18.2 Å². The van der Waals surface area contributed by atoms with Crippen molar-refractivity contribution < 1.29 is 14.3 Å². The van der Waals surface area contributed by atoms with E-state index in [4.69, 9.17) is 4.42 Å². The van der Waals surface area contributed by atoms with Crippen LogP contribution in [0.15, 0.2) is 47.1 Å². The third-order valence-electron chi connectivity index (χ3n) is 5.60. The zero-order chi connectivity index (χ0) is 21.8. The summed E-state index contributed by atoms with van der Waals surface area (Å²) in [4.78, 5) is 14.9. The molecule has 4 rings (SSSR count). The topological polar surface area (TPSA) is 96.4 Å². The average molecular weight is 424 g/mol. The number of amides is 1. The molecule has 2 aromatic heterocycles. The first-order chi connectivity index (χ1) is 15.0. The van der Waals surface area contributed by atoms with Crippen molar-refractivity contribution in [1.82, 2.24) is 25.0 Å². The highest BCUT2D eigenvalue weighted by atomic mass is 16.3. The molecule has 1 aliphatic rings. The van der Waals surface area contributed by atoms with E-state index in [9.17, 15) is 9.90 Å². The Morgan fingerprint density at radius 1 is 1.16 bits per heavy atom. The van der Waals surface area contributed by atoms with Gasteiger partial charge < -0.3 is 19.4 Å². The van der Waals surface area contributed by atoms with Crippen molar-refractivity contribution in [3.05, 3.63) is 65.6 Å². The molecule has 3 aromatic rings. The normalized spacial score (nSPS) is 15.5. The first-order valence-electron chi connectivity index (χ1n) is 10.8. The summed E-state index contributed by atoms with van der Waals surface area (Å²) in [7, 11) is 0. The van der Waals surface area contributed by atoms with Crippen molar-refractivity contribution in [3.8, 4) is 5.75 Å². The lowest BCUT2D eigenvalue weighted by atomic mass is 10.0. The van der Waals surface area contributed by atoms with Gasteiger partial charge in [-0.15, -0.1) is 10.2 Å². The van der Waals surface area contributed by atoms with E-state index in [1.165, 1.54) is 6.26 Å². The first kappa shape index (κ1) is 21.1. The van der Waals surface area contributed by atoms with Crippen LogP contribution in [0.5, 0.6) is 5.75 Å². The van der Waals surface area contributed by atoms with E-state index in [-0.39, 0.29) is 11.9 Å². The Balaban J connectivity index is 1.50. The summed E-state index contributed by atoms with van der Waals surface area (Å²) in [5.74, 6) is 2.45. The summed E-state index contributed by atoms with van der Waals surface area (Å²) < 4.78 is 7.39. The van der Waals surface area contributed by atoms with Gasteiger partial charge in [0.25, 0.3) is 5.91 Å². The van der Waals surface area contributed by atoms with Gasteiger partial charge in [0.2, 0.25) is 0 Å². The number of phenolic OH excluding ortho intramolecular Hbond substituents is 1. The van der Waals surface area contributed by atoms with E-state index >= 15 is 0 Å². The van der Waals surface area contributed by atoms with Gasteiger partial charge in [-0.1, -0.05) is 32.0 Å². The number of phenols is 1. The van der Waals surface area contributed by atoms with Crippen LogP contribution in [-0.2, 0) is 19.5 Å². The number of hydrogen-bond acceptors (Lipinski definition) is 6. The van der Waals surface area contributed by atoms with Gasteiger partial charge in [-0.3, -0.25) is 9.69 Å². The summed E-state index contributed by atoms with van der Waals surface area (Å²) in [6.45, 7) is 7.31. The van der Waals surface area contributed by atoms with E-state index in [0.717, 1.165) is 49.7 Å². The van der Waals surface area contributed by atoms with Gasteiger partial charge in [0, 0.05) is 38.2 Å². The summed E-state index contributed by atoms with van der Waals surface area (Å²) in [5, 5.41) is 22.1. The third-order valence-corrected chi connectivity index (χ3v) is 5.60. The van der Waals surface area contributed by atoms with E-state index < -0.39 is 0 Å². The van der Waals surface area contributed by atoms with Crippen molar-refractivity contribution in [2.45, 2.75) is 45.8 Å². The Morgan fingerprint density at radius 3 is 2.74 bits per heavy atom. The highest BCUT2D eigenvalue weighted by molar-refractivity contribution is 5.91. The Kier molecular flexibility index (Phi) is 6.36. The quantitative estimate of drug-likeness (QED) is 0.606. The predicted octanol–water partition coefficient (Wildman–Crippen LogP) is 3.15. The number of fused-ring (bicyclic) bond motifs is 1. The first-order valence-corrected chi connectivity index (χ1v) is 10.8. The molecule has 8 heteroatoms. The number of furan rings is 1. The number of aromatic hydroxyl groups is 1. The summed E-state index contributed by atoms with van der Waals surface area (Å²) in [6, 6.07) is 10.6. The maximum absolute atomic E-state index is 12.6. The monoisotopic (exact) mass is 423 g/mol. The molecule has 1 atom stereocenters. The van der Waals surface area contributed by atoms with Gasteiger partial charge in [-0.2, -0.15) is 0 Å². The lowest BCUT2D eigenvalue weighted by molar-refractivity contribution is 0.0900. The number of rotatable bonds is 7. The van der Waals surface area contributed by atoms with Gasteiger partial charge in [0.05, 0.1) is 12.3 Å². The van der Waals surface area contributed by atoms with Crippen LogP contribution < -0.4 is 5.32 Å². The van der Waals surface area contributed by atoms with Crippen molar-refractivity contribution in [2.75, 3.05) is 13.1 Å². The molecule has 0 spiro atoms. The number of para-hydroxylation sites is 1. The van der Waals surface area contributed by atoms with Crippen LogP contribution in [-0.4, -0.2) is 43.8 Å². The third kappa shape index (κ3) is 4.96. The van der Waals surface area contributed by atoms with E-state index in [0.29, 0.717) is 24.0 Å². The molecule has 0 fully saturated rings. The van der Waals surface area contributed by atoms with Gasteiger partial charge in [0.15, 0.2) is 11.6 Å². The minimum Gasteiger partial charge on any atom is -0.508 e. The fraction of sp³-hybridized carbons (Fsp3) is 0.435. The van der Waals surface area contributed by atoms with Crippen LogP contribution in [0, 0.1) is 5.92 Å². The summed E-state index contributed by atoms with van der Waals surface area (Å²) in [6.07, 6.45) is 3.02. The van der Waals surface area contributed by atoms with Gasteiger partial charge >= 0.3 is 0 Å². The number of benzene rings is 1. The molecule has 0 unspecified atom stereocenters. The number of carbonyl (C=O) groups is 1. The minimum atomic E-state index is -0.247. The van der Waals surface area contributed by atoms with Crippen LogP contribution in [0.1, 0.15) is 54.1 Å². The molecule has 1 amide bonds. The smallest absolute Gasteiger partial charge is 0.287 e. The van der Waals surface area contributed by atoms with Crippen molar-refractivity contribution in [3.63, 3.8) is 0 Å². The maximum atomic E-state index is 12.6. The fourth-order valence-corrected chi connectivity index (χ4v) is 4.03. The van der Waals surface area contributed by atoms with Crippen molar-refractivity contribution >= 4 is 5.91 Å². The molecule has 2 N–H and O–H groups in total. The second kappa shape index (κ2) is 9.34. The maximum Gasteiger partial charge on any atom is 0.287 e. The highest BCUT2D eigenvalue weighted by Crippen LogP contribution is 2.24. The molecule has 0 bridgehead atoms. The predicted molar refractivity (Wildman–Crippen MR) is 115 cm³/mol. The molecule has 1 aromatic carbocycles. The lowest BCUT2D eigenvalue weighted by Gasteiger charge is -2.22. The molecule has 31 heavy (non-hydrogen) atoms. The minimum absolute atomic E-state index is 0.247. The highest BCUT2D eigenvalue weighted by Gasteiger charge is 2.27. The van der Waals surface area contributed by atoms with Gasteiger partial charge in [-0.05, 0) is 30.5 Å². The molecule has 0 saturated heterocycles. The molecule has 0 aliphatic carbocycles. The lowest BCUT2D eigenvalue weighted by Crippen LogP contribution is -2.32. The van der Waals surface area contributed by atoms with Crippen molar-refractivity contribution in [2.24, 2.45) is 5.92 Å². The Morgan fingerprint density at radius 2 is 2.00 bits per heavy atom. The Labute approximate surface area is 181 Å². The molecule has 0 saturated carbocycles. The van der Waals surface area contributed by atoms with Crippen LogP contribution in [0.3, 0.4) is 0 Å². The van der Waals surface area contributed by atoms with Crippen LogP contribution in [0.4, 0.5) is 0 Å². The standard InChI is InChI=1S/C23H29N5O3/c1-16(2)14-18(24-23(30)20-8-5-13-31-20)22-26-25-21-9-10-27(11-12-28(21)22)15-17-6-3-4-7-19(17)29/h3-8,13,16,18,29H,9-12,14-15H2,1-2H3,(H,24,30)/t18-/m1/s1. The Bertz CT molecular complexity index is 1010. The van der Waals surface area contributed by atoms with Crippen LogP contribution in [0.25, 0.3) is 0 Å². The molecule has 164 valence electrons. The van der Waals surface area contributed by atoms with Gasteiger partial charge in [0.1, 0.15) is 11.6 Å². The second-order valence-electron chi connectivity index (χ2n) is 8.41. The average Bonchev–Trinajstić information content (AvgIpc) is 3.37. The zero-order valence-corrected chi connectivity index (χ0v) is 18.0. The molecular formula is C23H29N5O3. The molecule has 1 aliphatic heterocycles. The second-order valence-corrected chi connectivity index (χ2v) is 8.41. The number of aromatic nitrogens is 3. The van der Waals surface area contributed by atoms with Crippen molar-refractivity contribution in [1.29, 1.82) is 0 Å². The molecule has 0 radical (unpaired) electrons. The molecular weight excluding hydrogens is 394 g/mol. The Hall–Kier alpha value is -3.13. The fourth-order valence-electron chi connectivity index (χ4n) is 4.03. The summed E-state index contributed by atoms with van der Waals surface area (Å²) >= 11 is 0. The number of nitrogens with zero attached hydrogens (tertiary/aromatic N) is 4. The number of nitrogens with one attached hydrogen (secondary N) is 1. The van der Waals surface area contributed by atoms with E-state index in [1.54, 1.807) is 18.2 Å². The zero-order valence-electron chi connectivity index (χ0n) is 18.0. The summed E-state index contributed by atoms with van der Waals surface area (Å²) in [5.41, 5.74) is 0.920. The van der Waals surface area contributed by atoms with Crippen LogP contribution >= 0.6 is 0 Å².